The molecule has 3 atom stereocenters. The van der Waals surface area contributed by atoms with Crippen molar-refractivity contribution < 1.29 is 23.8 Å². The molecule has 2 aliphatic rings. The van der Waals surface area contributed by atoms with Gasteiger partial charge in [0, 0.05) is 18.0 Å². The molecule has 0 radical (unpaired) electrons. The molecule has 0 unspecified atom stereocenters. The lowest BCUT2D eigenvalue weighted by atomic mass is 9.95. The van der Waals surface area contributed by atoms with Crippen molar-refractivity contribution in [3.8, 4) is 0 Å². The Morgan fingerprint density at radius 2 is 2.00 bits per heavy atom. The fourth-order valence-corrected chi connectivity index (χ4v) is 3.36. The van der Waals surface area contributed by atoms with Crippen LogP contribution < -0.4 is 5.32 Å². The third-order valence-electron chi connectivity index (χ3n) is 4.22. The smallest absolute Gasteiger partial charge is 0.412 e. The molecule has 3 rings (SSSR count). The minimum absolute atomic E-state index is 0.0612. The second-order valence-corrected chi connectivity index (χ2v) is 8.05. The van der Waals surface area contributed by atoms with Crippen LogP contribution in [-0.4, -0.2) is 35.5 Å². The van der Waals surface area contributed by atoms with Crippen molar-refractivity contribution in [1.82, 2.24) is 0 Å². The van der Waals surface area contributed by atoms with Gasteiger partial charge in [0.05, 0.1) is 0 Å². The zero-order chi connectivity index (χ0) is 18.4. The normalized spacial score (nSPS) is 27.9. The molecule has 1 N–H and O–H groups in total. The highest BCUT2D eigenvalue weighted by molar-refractivity contribution is 5.88. The van der Waals surface area contributed by atoms with Crippen molar-refractivity contribution in [2.75, 3.05) is 5.32 Å². The average molecular weight is 347 g/mol. The standard InChI is InChI=1S/C19H25NO5/c1-18(2,3)25-17(22)20-12-8-6-7-11(9-12)13-10-14(21)16-15(13)23-19(4,5)24-16/h6-9,13,15-16H,10H2,1-5H3,(H,20,22)/t13-,15-,16+/m1/s1. The molecule has 0 aromatic heterocycles. The third-order valence-corrected chi connectivity index (χ3v) is 4.22. The number of ketones is 1. The molecule has 0 bridgehead atoms. The van der Waals surface area contributed by atoms with E-state index in [4.69, 9.17) is 14.2 Å². The summed E-state index contributed by atoms with van der Waals surface area (Å²) in [6.07, 6.45) is -0.935. The van der Waals surface area contributed by atoms with Crippen LogP contribution in [0.1, 0.15) is 52.5 Å². The fourth-order valence-electron chi connectivity index (χ4n) is 3.36. The van der Waals surface area contributed by atoms with Crippen LogP contribution in [0.2, 0.25) is 0 Å². The van der Waals surface area contributed by atoms with Gasteiger partial charge < -0.3 is 14.2 Å². The number of Topliss-reactive ketones (excluding diaryl/α,β-unsaturated/α-hetero) is 1. The summed E-state index contributed by atoms with van der Waals surface area (Å²) in [4.78, 5) is 24.2. The number of hydrogen-bond donors (Lipinski definition) is 1. The summed E-state index contributed by atoms with van der Waals surface area (Å²) in [6, 6.07) is 7.44. The van der Waals surface area contributed by atoms with Crippen LogP contribution in [0.25, 0.3) is 0 Å². The van der Waals surface area contributed by atoms with Crippen molar-refractivity contribution >= 4 is 17.6 Å². The lowest BCUT2D eigenvalue weighted by Gasteiger charge is -2.22. The van der Waals surface area contributed by atoms with E-state index in [0.29, 0.717) is 12.1 Å². The number of fused-ring (bicyclic) bond motifs is 1. The predicted octanol–water partition coefficient (Wildman–Crippen LogP) is 3.61. The molecule has 1 aliphatic carbocycles. The van der Waals surface area contributed by atoms with Crippen LogP contribution in [0.5, 0.6) is 0 Å². The van der Waals surface area contributed by atoms with Gasteiger partial charge in [0.15, 0.2) is 11.6 Å². The van der Waals surface area contributed by atoms with Gasteiger partial charge in [-0.2, -0.15) is 0 Å². The summed E-state index contributed by atoms with van der Waals surface area (Å²) in [6.45, 7) is 9.07. The predicted molar refractivity (Wildman–Crippen MR) is 92.5 cm³/mol. The second kappa shape index (κ2) is 6.11. The van der Waals surface area contributed by atoms with Gasteiger partial charge in [0.2, 0.25) is 0 Å². The first-order valence-corrected chi connectivity index (χ1v) is 8.52. The van der Waals surface area contributed by atoms with Gasteiger partial charge in [-0.25, -0.2) is 4.79 Å². The molecule has 0 spiro atoms. The van der Waals surface area contributed by atoms with Crippen molar-refractivity contribution in [2.24, 2.45) is 0 Å². The molecule has 1 aromatic carbocycles. The van der Waals surface area contributed by atoms with Crippen molar-refractivity contribution in [1.29, 1.82) is 0 Å². The SMILES string of the molecule is CC(C)(C)OC(=O)Nc1cccc([C@H]2CC(=O)[C@@H]3OC(C)(C)O[C@H]23)c1. The molecule has 136 valence electrons. The number of rotatable bonds is 2. The average Bonchev–Trinajstić information content (AvgIpc) is 2.91. The number of amides is 1. The minimum atomic E-state index is -0.754. The van der Waals surface area contributed by atoms with Gasteiger partial charge in [-0.3, -0.25) is 10.1 Å². The Morgan fingerprint density at radius 1 is 1.28 bits per heavy atom. The summed E-state index contributed by atoms with van der Waals surface area (Å²) in [5.41, 5.74) is 1.00. The number of carbonyl (C=O) groups excluding carboxylic acids is 2. The molecule has 1 heterocycles. The Labute approximate surface area is 147 Å². The molecule has 1 aliphatic heterocycles. The van der Waals surface area contributed by atoms with Crippen molar-refractivity contribution in [3.63, 3.8) is 0 Å². The highest BCUT2D eigenvalue weighted by Crippen LogP contribution is 2.44. The fraction of sp³-hybridized carbons (Fsp3) is 0.579. The van der Waals surface area contributed by atoms with E-state index in [0.717, 1.165) is 5.56 Å². The number of anilines is 1. The summed E-state index contributed by atoms with van der Waals surface area (Å²) in [5.74, 6) is -0.776. The monoisotopic (exact) mass is 347 g/mol. The molecule has 1 aromatic rings. The number of carbonyl (C=O) groups is 2. The van der Waals surface area contributed by atoms with Crippen LogP contribution in [-0.2, 0) is 19.0 Å². The van der Waals surface area contributed by atoms with E-state index in [1.165, 1.54) is 0 Å². The van der Waals surface area contributed by atoms with Crippen LogP contribution in [0, 0.1) is 0 Å². The Bertz CT molecular complexity index is 691. The maximum atomic E-state index is 12.3. The van der Waals surface area contributed by atoms with Gasteiger partial charge in [-0.1, -0.05) is 12.1 Å². The molecule has 2 fully saturated rings. The topological polar surface area (TPSA) is 73.9 Å². The summed E-state index contributed by atoms with van der Waals surface area (Å²) in [7, 11) is 0. The summed E-state index contributed by atoms with van der Waals surface area (Å²) < 4.78 is 16.9. The first-order valence-electron chi connectivity index (χ1n) is 8.52. The summed E-state index contributed by atoms with van der Waals surface area (Å²) >= 11 is 0. The van der Waals surface area contributed by atoms with Crippen molar-refractivity contribution in [3.05, 3.63) is 29.8 Å². The Balaban J connectivity index is 1.76. The maximum absolute atomic E-state index is 12.3. The zero-order valence-corrected chi connectivity index (χ0v) is 15.3. The van der Waals surface area contributed by atoms with E-state index >= 15 is 0 Å². The molecule has 6 heteroatoms. The Morgan fingerprint density at radius 3 is 2.68 bits per heavy atom. The molecule has 25 heavy (non-hydrogen) atoms. The molecule has 1 amide bonds. The van der Waals surface area contributed by atoms with E-state index in [9.17, 15) is 9.59 Å². The molecule has 1 saturated carbocycles. The van der Waals surface area contributed by atoms with Gasteiger partial charge >= 0.3 is 6.09 Å². The molecular formula is C19H25NO5. The Kier molecular flexibility index (Phi) is 4.37. The van der Waals surface area contributed by atoms with Crippen LogP contribution >= 0.6 is 0 Å². The largest absolute Gasteiger partial charge is 0.444 e. The van der Waals surface area contributed by atoms with Crippen LogP contribution in [0.15, 0.2) is 24.3 Å². The third kappa shape index (κ3) is 4.02. The van der Waals surface area contributed by atoms with E-state index < -0.39 is 23.6 Å². The number of benzene rings is 1. The molecule has 1 saturated heterocycles. The first kappa shape index (κ1) is 17.9. The first-order chi connectivity index (χ1) is 11.5. The van der Waals surface area contributed by atoms with E-state index in [1.54, 1.807) is 6.07 Å². The van der Waals surface area contributed by atoms with E-state index in [-0.39, 0.29) is 17.8 Å². The van der Waals surface area contributed by atoms with Crippen LogP contribution in [0.4, 0.5) is 10.5 Å². The van der Waals surface area contributed by atoms with Gasteiger partial charge in [-0.05, 0) is 52.3 Å². The van der Waals surface area contributed by atoms with E-state index in [1.807, 2.05) is 52.8 Å². The molecule has 6 nitrogen and oxygen atoms in total. The number of nitrogens with one attached hydrogen (secondary N) is 1. The Hall–Kier alpha value is -1.92. The number of ether oxygens (including phenoxy) is 3. The maximum Gasteiger partial charge on any atom is 0.412 e. The highest BCUT2D eigenvalue weighted by Gasteiger charge is 2.54. The quantitative estimate of drug-likeness (QED) is 0.885. The second-order valence-electron chi connectivity index (χ2n) is 8.05. The van der Waals surface area contributed by atoms with Crippen LogP contribution in [0.3, 0.4) is 0 Å². The van der Waals surface area contributed by atoms with Gasteiger partial charge in [0.1, 0.15) is 17.8 Å². The number of hydrogen-bond acceptors (Lipinski definition) is 5. The van der Waals surface area contributed by atoms with Crippen molar-refractivity contribution in [2.45, 2.75) is 70.6 Å². The van der Waals surface area contributed by atoms with E-state index in [2.05, 4.69) is 5.32 Å². The molecular weight excluding hydrogens is 322 g/mol. The van der Waals surface area contributed by atoms with Gasteiger partial charge in [-0.15, -0.1) is 0 Å². The minimum Gasteiger partial charge on any atom is -0.444 e. The van der Waals surface area contributed by atoms with Gasteiger partial charge in [0.25, 0.3) is 0 Å². The summed E-state index contributed by atoms with van der Waals surface area (Å²) in [5, 5.41) is 2.73. The lowest BCUT2D eigenvalue weighted by Crippen LogP contribution is -2.27. The zero-order valence-electron chi connectivity index (χ0n) is 15.3. The lowest BCUT2D eigenvalue weighted by molar-refractivity contribution is -0.160. The highest BCUT2D eigenvalue weighted by atomic mass is 16.8.